The van der Waals surface area contributed by atoms with Crippen molar-refractivity contribution in [2.24, 2.45) is 0 Å². The highest BCUT2D eigenvalue weighted by Gasteiger charge is 2.32. The lowest BCUT2D eigenvalue weighted by molar-refractivity contribution is 0.413. The maximum Gasteiger partial charge on any atom is 0.120 e. The van der Waals surface area contributed by atoms with E-state index in [1.54, 1.807) is 12.7 Å². The number of methoxy groups -OCH3 is 1. The van der Waals surface area contributed by atoms with E-state index in [2.05, 4.69) is 72.6 Å². The predicted molar refractivity (Wildman–Crippen MR) is 109 cm³/mol. The molecule has 1 fully saturated rings. The molecule has 2 unspecified atom stereocenters. The first-order valence-electron chi connectivity index (χ1n) is 9.64. The fourth-order valence-electron chi connectivity index (χ4n) is 4.23. The minimum absolute atomic E-state index is 0.309. The van der Waals surface area contributed by atoms with E-state index in [0.29, 0.717) is 12.1 Å². The molecule has 1 saturated carbocycles. The van der Waals surface area contributed by atoms with E-state index >= 15 is 0 Å². The molecule has 2 aromatic rings. The molecule has 1 aliphatic heterocycles. The summed E-state index contributed by atoms with van der Waals surface area (Å²) in [5, 5.41) is 3.74. The first kappa shape index (κ1) is 17.0. The van der Waals surface area contributed by atoms with Gasteiger partial charge in [0.15, 0.2) is 0 Å². The molecule has 1 N–H and O–H groups in total. The average molecular weight is 348 g/mol. The van der Waals surface area contributed by atoms with Crippen LogP contribution in [0.15, 0.2) is 59.8 Å². The number of anilines is 2. The Hall–Kier alpha value is -2.42. The van der Waals surface area contributed by atoms with Crippen LogP contribution < -0.4 is 15.0 Å². The number of ether oxygens (including phenoxy) is 1. The molecule has 0 bridgehead atoms. The van der Waals surface area contributed by atoms with Crippen molar-refractivity contribution >= 4 is 11.4 Å². The van der Waals surface area contributed by atoms with Crippen molar-refractivity contribution in [2.75, 3.05) is 17.3 Å². The number of hydrogen-bond donors (Lipinski definition) is 1. The summed E-state index contributed by atoms with van der Waals surface area (Å²) in [6, 6.07) is 17.8. The van der Waals surface area contributed by atoms with E-state index in [1.165, 1.54) is 41.9 Å². The van der Waals surface area contributed by atoms with Crippen molar-refractivity contribution < 1.29 is 4.74 Å². The van der Waals surface area contributed by atoms with Crippen molar-refractivity contribution in [1.82, 2.24) is 0 Å². The Labute approximate surface area is 156 Å². The molecular formula is C23H28N2O. The van der Waals surface area contributed by atoms with Gasteiger partial charge in [-0.1, -0.05) is 29.8 Å². The van der Waals surface area contributed by atoms with Crippen molar-refractivity contribution in [3.05, 3.63) is 65.4 Å². The van der Waals surface area contributed by atoms with Crippen molar-refractivity contribution in [3.8, 4) is 5.75 Å². The van der Waals surface area contributed by atoms with Crippen LogP contribution in [0.5, 0.6) is 5.75 Å². The van der Waals surface area contributed by atoms with Crippen LogP contribution in [0.4, 0.5) is 11.4 Å². The van der Waals surface area contributed by atoms with Gasteiger partial charge in [-0.2, -0.15) is 0 Å². The van der Waals surface area contributed by atoms with Crippen LogP contribution in [0.1, 0.15) is 51.1 Å². The van der Waals surface area contributed by atoms with Crippen LogP contribution in [0, 0.1) is 0 Å². The number of hydrogen-bond acceptors (Lipinski definition) is 3. The van der Waals surface area contributed by atoms with Gasteiger partial charge in [-0.05, 0) is 63.3 Å². The number of fused-ring (bicyclic) bond motifs is 1. The highest BCUT2D eigenvalue weighted by Crippen LogP contribution is 2.44. The number of allylic oxidation sites excluding steroid dienone is 2. The van der Waals surface area contributed by atoms with Gasteiger partial charge in [-0.25, -0.2) is 0 Å². The summed E-state index contributed by atoms with van der Waals surface area (Å²) in [7, 11) is 1.75. The molecule has 2 aromatic carbocycles. The number of nitrogens with zero attached hydrogens (tertiary/aromatic N) is 1. The smallest absolute Gasteiger partial charge is 0.120 e. The Morgan fingerprint density at radius 1 is 1.12 bits per heavy atom. The van der Waals surface area contributed by atoms with Gasteiger partial charge in [0.1, 0.15) is 5.75 Å². The lowest BCUT2D eigenvalue weighted by atomic mass is 9.86. The molecule has 0 spiro atoms. The van der Waals surface area contributed by atoms with E-state index in [9.17, 15) is 0 Å². The summed E-state index contributed by atoms with van der Waals surface area (Å²) >= 11 is 0. The Balaban J connectivity index is 1.74. The first-order chi connectivity index (χ1) is 12.7. The van der Waals surface area contributed by atoms with E-state index < -0.39 is 0 Å². The Morgan fingerprint density at radius 2 is 1.88 bits per heavy atom. The second-order valence-corrected chi connectivity index (χ2v) is 7.48. The largest absolute Gasteiger partial charge is 0.497 e. The predicted octanol–water partition coefficient (Wildman–Crippen LogP) is 5.90. The normalized spacial score (nSPS) is 21.7. The zero-order chi connectivity index (χ0) is 18.1. The SMILES string of the molecule is COc1ccc2c(c1)N(C(C)=C1CCC1)C(C)CC2Nc1ccccc1. The summed E-state index contributed by atoms with van der Waals surface area (Å²) in [5.74, 6) is 0.924. The molecule has 1 aliphatic carbocycles. The zero-order valence-corrected chi connectivity index (χ0v) is 16.0. The molecule has 0 radical (unpaired) electrons. The second kappa shape index (κ2) is 7.06. The van der Waals surface area contributed by atoms with Crippen molar-refractivity contribution in [3.63, 3.8) is 0 Å². The molecule has 2 atom stereocenters. The van der Waals surface area contributed by atoms with Crippen LogP contribution >= 0.6 is 0 Å². The number of rotatable bonds is 4. The van der Waals surface area contributed by atoms with Gasteiger partial charge >= 0.3 is 0 Å². The summed E-state index contributed by atoms with van der Waals surface area (Å²) < 4.78 is 5.53. The number of nitrogens with one attached hydrogen (secondary N) is 1. The Kier molecular flexibility index (Phi) is 4.62. The molecule has 26 heavy (non-hydrogen) atoms. The van der Waals surface area contributed by atoms with Crippen LogP contribution in [0.3, 0.4) is 0 Å². The third-order valence-electron chi connectivity index (χ3n) is 5.83. The Morgan fingerprint density at radius 3 is 2.54 bits per heavy atom. The topological polar surface area (TPSA) is 24.5 Å². The van der Waals surface area contributed by atoms with Crippen LogP contribution in [0.25, 0.3) is 0 Å². The van der Waals surface area contributed by atoms with Gasteiger partial charge in [0.25, 0.3) is 0 Å². The lowest BCUT2D eigenvalue weighted by Crippen LogP contribution is -2.40. The van der Waals surface area contributed by atoms with E-state index in [1.807, 2.05) is 0 Å². The van der Waals surface area contributed by atoms with E-state index in [0.717, 1.165) is 12.2 Å². The molecule has 0 amide bonds. The standard InChI is InChI=1S/C23H28N2O/c1-16-14-22(24-19-10-5-4-6-11-19)21-13-12-20(26-3)15-23(21)25(16)17(2)18-8-7-9-18/h4-6,10-13,15-16,22,24H,7-9,14H2,1-3H3. The maximum atomic E-state index is 5.53. The fourth-order valence-corrected chi connectivity index (χ4v) is 4.23. The van der Waals surface area contributed by atoms with Gasteiger partial charge in [-0.3, -0.25) is 0 Å². The fraction of sp³-hybridized carbons (Fsp3) is 0.391. The quantitative estimate of drug-likeness (QED) is 0.744. The zero-order valence-electron chi connectivity index (χ0n) is 16.0. The molecule has 4 rings (SSSR count). The Bertz CT molecular complexity index is 806. The van der Waals surface area contributed by atoms with Gasteiger partial charge in [0.2, 0.25) is 0 Å². The molecule has 3 nitrogen and oxygen atoms in total. The van der Waals surface area contributed by atoms with Gasteiger partial charge in [-0.15, -0.1) is 0 Å². The summed E-state index contributed by atoms with van der Waals surface area (Å²) in [5.41, 5.74) is 6.87. The summed E-state index contributed by atoms with van der Waals surface area (Å²) in [6.45, 7) is 4.63. The molecule has 0 aromatic heterocycles. The van der Waals surface area contributed by atoms with Crippen LogP contribution in [-0.2, 0) is 0 Å². The molecular weight excluding hydrogens is 320 g/mol. The molecule has 136 valence electrons. The lowest BCUT2D eigenvalue weighted by Gasteiger charge is -2.43. The van der Waals surface area contributed by atoms with Crippen molar-refractivity contribution in [2.45, 2.75) is 51.6 Å². The maximum absolute atomic E-state index is 5.53. The van der Waals surface area contributed by atoms with Gasteiger partial charge < -0.3 is 15.0 Å². The third-order valence-corrected chi connectivity index (χ3v) is 5.83. The highest BCUT2D eigenvalue weighted by molar-refractivity contribution is 5.66. The van der Waals surface area contributed by atoms with E-state index in [-0.39, 0.29) is 0 Å². The molecule has 2 aliphatic rings. The molecule has 0 saturated heterocycles. The average Bonchev–Trinajstić information content (AvgIpc) is 2.60. The monoisotopic (exact) mass is 348 g/mol. The summed E-state index contributed by atoms with van der Waals surface area (Å²) in [6.07, 6.45) is 4.91. The third kappa shape index (κ3) is 3.07. The molecule has 3 heteroatoms. The van der Waals surface area contributed by atoms with E-state index in [4.69, 9.17) is 4.74 Å². The molecule has 1 heterocycles. The number of para-hydroxylation sites is 1. The first-order valence-corrected chi connectivity index (χ1v) is 9.64. The van der Waals surface area contributed by atoms with Gasteiger partial charge in [0.05, 0.1) is 18.8 Å². The minimum atomic E-state index is 0.309. The van der Waals surface area contributed by atoms with Crippen LogP contribution in [0.2, 0.25) is 0 Å². The van der Waals surface area contributed by atoms with Crippen molar-refractivity contribution in [1.29, 1.82) is 0 Å². The van der Waals surface area contributed by atoms with Crippen LogP contribution in [-0.4, -0.2) is 13.2 Å². The summed E-state index contributed by atoms with van der Waals surface area (Å²) in [4.78, 5) is 2.54. The highest BCUT2D eigenvalue weighted by atomic mass is 16.5. The number of benzene rings is 2. The minimum Gasteiger partial charge on any atom is -0.497 e. The van der Waals surface area contributed by atoms with Gasteiger partial charge in [0, 0.05) is 23.5 Å². The second-order valence-electron chi connectivity index (χ2n) is 7.48.